The number of nitrogens with zero attached hydrogens (tertiary/aromatic N) is 1. The summed E-state index contributed by atoms with van der Waals surface area (Å²) in [5.41, 5.74) is -0.596. The maximum atomic E-state index is 12.7. The van der Waals surface area contributed by atoms with Gasteiger partial charge in [-0.3, -0.25) is 0 Å². The van der Waals surface area contributed by atoms with E-state index in [1.165, 1.54) is 20.8 Å². The van der Waals surface area contributed by atoms with Crippen molar-refractivity contribution in [1.29, 1.82) is 0 Å². The third-order valence-electron chi connectivity index (χ3n) is 2.68. The number of halogens is 3. The smallest absolute Gasteiger partial charge is 0.433 e. The van der Waals surface area contributed by atoms with Gasteiger partial charge in [-0.1, -0.05) is 0 Å². The lowest BCUT2D eigenvalue weighted by molar-refractivity contribution is -0.141. The van der Waals surface area contributed by atoms with Crippen LogP contribution in [0.3, 0.4) is 0 Å². The molecule has 1 aromatic heterocycles. The molecule has 1 rings (SSSR count). The summed E-state index contributed by atoms with van der Waals surface area (Å²) in [5, 5.41) is 0. The minimum atomic E-state index is -4.52. The van der Waals surface area contributed by atoms with Crippen molar-refractivity contribution in [2.45, 2.75) is 33.9 Å². The molecule has 0 aliphatic rings. The lowest BCUT2D eigenvalue weighted by atomic mass is 10.0. The minimum Gasteiger partial charge on any atom is -0.462 e. The first-order valence-corrected chi connectivity index (χ1v) is 5.42. The van der Waals surface area contributed by atoms with Crippen LogP contribution in [0, 0.1) is 20.8 Å². The molecule has 1 heterocycles. The molecule has 0 aromatic carbocycles. The molecular weight excluding hydrogens is 247 g/mol. The van der Waals surface area contributed by atoms with Gasteiger partial charge in [-0.15, -0.1) is 0 Å². The Morgan fingerprint density at radius 1 is 1.22 bits per heavy atom. The molecule has 0 N–H and O–H groups in total. The van der Waals surface area contributed by atoms with E-state index in [4.69, 9.17) is 4.74 Å². The quantitative estimate of drug-likeness (QED) is 0.767. The van der Waals surface area contributed by atoms with Crippen molar-refractivity contribution in [3.05, 3.63) is 28.1 Å². The summed E-state index contributed by atoms with van der Waals surface area (Å²) in [6.45, 7) is 5.93. The van der Waals surface area contributed by atoms with E-state index >= 15 is 0 Å². The molecule has 0 aliphatic heterocycles. The lowest BCUT2D eigenvalue weighted by Gasteiger charge is -2.16. The molecule has 0 saturated heterocycles. The highest BCUT2D eigenvalue weighted by Crippen LogP contribution is 2.33. The van der Waals surface area contributed by atoms with E-state index in [0.717, 1.165) is 0 Å². The van der Waals surface area contributed by atoms with Gasteiger partial charge in [-0.2, -0.15) is 13.2 Å². The minimum absolute atomic E-state index is 0.0314. The molecule has 0 saturated carbocycles. The summed E-state index contributed by atoms with van der Waals surface area (Å²) in [5.74, 6) is -0.642. The zero-order valence-electron chi connectivity index (χ0n) is 10.6. The van der Waals surface area contributed by atoms with Crippen LogP contribution in [0.4, 0.5) is 13.2 Å². The van der Waals surface area contributed by atoms with Crippen LogP contribution in [0.15, 0.2) is 0 Å². The first-order chi connectivity index (χ1) is 8.20. The fourth-order valence-electron chi connectivity index (χ4n) is 1.72. The second-order valence-corrected chi connectivity index (χ2v) is 3.89. The molecule has 0 atom stereocenters. The lowest BCUT2D eigenvalue weighted by Crippen LogP contribution is -2.18. The second kappa shape index (κ2) is 4.96. The third kappa shape index (κ3) is 2.63. The highest BCUT2D eigenvalue weighted by Gasteiger charge is 2.36. The average Bonchev–Trinajstić information content (AvgIpc) is 2.22. The Labute approximate surface area is 103 Å². The van der Waals surface area contributed by atoms with E-state index in [0.29, 0.717) is 0 Å². The average molecular weight is 261 g/mol. The van der Waals surface area contributed by atoms with Crippen molar-refractivity contribution in [2.75, 3.05) is 6.61 Å². The zero-order valence-corrected chi connectivity index (χ0v) is 10.6. The Morgan fingerprint density at radius 2 is 1.78 bits per heavy atom. The Morgan fingerprint density at radius 3 is 2.22 bits per heavy atom. The number of pyridine rings is 1. The SMILES string of the molecule is CCOC(=O)c1c(C)nc(C(F)(F)F)c(C)c1C. The predicted molar refractivity (Wildman–Crippen MR) is 59.4 cm³/mol. The molecule has 1 aromatic rings. The number of rotatable bonds is 2. The predicted octanol–water partition coefficient (Wildman–Crippen LogP) is 3.20. The van der Waals surface area contributed by atoms with Gasteiger partial charge in [0.1, 0.15) is 5.69 Å². The first-order valence-electron chi connectivity index (χ1n) is 5.42. The number of carbonyl (C=O) groups is 1. The monoisotopic (exact) mass is 261 g/mol. The topological polar surface area (TPSA) is 39.2 Å². The number of hydrogen-bond donors (Lipinski definition) is 0. The van der Waals surface area contributed by atoms with Gasteiger partial charge in [0.2, 0.25) is 0 Å². The molecule has 100 valence electrons. The number of hydrogen-bond acceptors (Lipinski definition) is 3. The van der Waals surface area contributed by atoms with Crippen LogP contribution in [-0.2, 0) is 10.9 Å². The van der Waals surface area contributed by atoms with Crippen LogP contribution >= 0.6 is 0 Å². The van der Waals surface area contributed by atoms with Gasteiger partial charge in [-0.25, -0.2) is 9.78 Å². The van der Waals surface area contributed by atoms with Crippen LogP contribution in [0.25, 0.3) is 0 Å². The number of alkyl halides is 3. The van der Waals surface area contributed by atoms with E-state index < -0.39 is 17.8 Å². The maximum Gasteiger partial charge on any atom is 0.433 e. The largest absolute Gasteiger partial charge is 0.462 e. The van der Waals surface area contributed by atoms with Crippen molar-refractivity contribution in [3.63, 3.8) is 0 Å². The summed E-state index contributed by atoms with van der Waals surface area (Å²) >= 11 is 0. The van der Waals surface area contributed by atoms with Crippen LogP contribution < -0.4 is 0 Å². The van der Waals surface area contributed by atoms with Gasteiger partial charge < -0.3 is 4.74 Å². The molecule has 0 radical (unpaired) electrons. The summed E-state index contributed by atoms with van der Waals surface area (Å²) < 4.78 is 42.9. The standard InChI is InChI=1S/C12H14F3NO2/c1-5-18-11(17)9-6(2)7(3)10(12(13,14)15)16-8(9)4/h5H2,1-4H3. The van der Waals surface area contributed by atoms with Crippen molar-refractivity contribution in [1.82, 2.24) is 4.98 Å². The third-order valence-corrected chi connectivity index (χ3v) is 2.68. The second-order valence-electron chi connectivity index (χ2n) is 3.89. The molecule has 18 heavy (non-hydrogen) atoms. The fourth-order valence-corrected chi connectivity index (χ4v) is 1.72. The van der Waals surface area contributed by atoms with Crippen molar-refractivity contribution in [2.24, 2.45) is 0 Å². The Hall–Kier alpha value is -1.59. The normalized spacial score (nSPS) is 11.5. The van der Waals surface area contributed by atoms with Gasteiger partial charge in [0.05, 0.1) is 17.9 Å². The summed E-state index contributed by atoms with van der Waals surface area (Å²) in [6.07, 6.45) is -4.52. The van der Waals surface area contributed by atoms with Crippen LogP contribution in [0.5, 0.6) is 0 Å². The van der Waals surface area contributed by atoms with E-state index in [9.17, 15) is 18.0 Å². The van der Waals surface area contributed by atoms with Gasteiger partial charge in [0, 0.05) is 0 Å². The van der Waals surface area contributed by atoms with E-state index in [1.807, 2.05) is 0 Å². The number of carbonyl (C=O) groups excluding carboxylic acids is 1. The summed E-state index contributed by atoms with van der Waals surface area (Å²) in [6, 6.07) is 0. The Bertz CT molecular complexity index is 481. The van der Waals surface area contributed by atoms with Crippen LogP contribution in [0.2, 0.25) is 0 Å². The summed E-state index contributed by atoms with van der Waals surface area (Å²) in [4.78, 5) is 15.1. The molecule has 0 amide bonds. The van der Waals surface area contributed by atoms with Gasteiger partial charge in [0.15, 0.2) is 0 Å². The number of aryl methyl sites for hydroxylation is 1. The van der Waals surface area contributed by atoms with E-state index in [-0.39, 0.29) is 29.0 Å². The number of aromatic nitrogens is 1. The van der Waals surface area contributed by atoms with E-state index in [2.05, 4.69) is 4.98 Å². The molecule has 6 heteroatoms. The molecule has 3 nitrogen and oxygen atoms in total. The van der Waals surface area contributed by atoms with Gasteiger partial charge in [-0.05, 0) is 38.8 Å². The van der Waals surface area contributed by atoms with Crippen LogP contribution in [0.1, 0.15) is 39.8 Å². The fraction of sp³-hybridized carbons (Fsp3) is 0.500. The van der Waals surface area contributed by atoms with Gasteiger partial charge >= 0.3 is 12.1 Å². The number of esters is 1. The molecule has 0 fully saturated rings. The van der Waals surface area contributed by atoms with Crippen molar-refractivity contribution >= 4 is 5.97 Å². The Kier molecular flexibility index (Phi) is 3.98. The number of ether oxygens (including phenoxy) is 1. The highest BCUT2D eigenvalue weighted by atomic mass is 19.4. The molecule has 0 unspecified atom stereocenters. The maximum absolute atomic E-state index is 12.7. The van der Waals surface area contributed by atoms with Crippen molar-refractivity contribution < 1.29 is 22.7 Å². The van der Waals surface area contributed by atoms with Crippen LogP contribution in [-0.4, -0.2) is 17.6 Å². The first kappa shape index (κ1) is 14.5. The molecule has 0 bridgehead atoms. The summed E-state index contributed by atoms with van der Waals surface area (Å²) in [7, 11) is 0. The molecule has 0 spiro atoms. The Balaban J connectivity index is 3.43. The van der Waals surface area contributed by atoms with Gasteiger partial charge in [0.25, 0.3) is 0 Å². The molecule has 0 aliphatic carbocycles. The highest BCUT2D eigenvalue weighted by molar-refractivity contribution is 5.92. The van der Waals surface area contributed by atoms with E-state index in [1.54, 1.807) is 6.92 Å². The molecular formula is C12H14F3NO2. The van der Waals surface area contributed by atoms with Crippen molar-refractivity contribution in [3.8, 4) is 0 Å². The zero-order chi connectivity index (χ0) is 14.1.